The molecule has 0 aliphatic heterocycles. The second-order valence-corrected chi connectivity index (χ2v) is 6.27. The van der Waals surface area contributed by atoms with Crippen LogP contribution in [0.15, 0.2) is 54.6 Å². The minimum atomic E-state index is -0.307. The fourth-order valence-electron chi connectivity index (χ4n) is 2.68. The van der Waals surface area contributed by atoms with Gasteiger partial charge in [-0.05, 0) is 36.4 Å². The Bertz CT molecular complexity index is 982. The van der Waals surface area contributed by atoms with Crippen LogP contribution >= 0.6 is 0 Å². The number of nitrogens with one attached hydrogen (secondary N) is 1. The van der Waals surface area contributed by atoms with Gasteiger partial charge in [-0.15, -0.1) is 0 Å². The van der Waals surface area contributed by atoms with Crippen molar-refractivity contribution in [1.29, 1.82) is 0 Å². The highest BCUT2D eigenvalue weighted by Gasteiger charge is 2.15. The third-order valence-electron chi connectivity index (χ3n) is 4.25. The van der Waals surface area contributed by atoms with Gasteiger partial charge in [-0.25, -0.2) is 4.98 Å². The maximum Gasteiger partial charge on any atom is 0.252 e. The molecule has 1 N–H and O–H groups in total. The van der Waals surface area contributed by atoms with Crippen molar-refractivity contribution in [2.45, 2.75) is 0 Å². The summed E-state index contributed by atoms with van der Waals surface area (Å²) in [5.41, 5.74) is 2.76. The Hall–Kier alpha value is -3.41. The molecule has 2 amide bonds. The number of fused-ring (bicyclic) bond motifs is 1. The second-order valence-electron chi connectivity index (χ2n) is 6.27. The number of benzene rings is 2. The van der Waals surface area contributed by atoms with Gasteiger partial charge in [0.15, 0.2) is 0 Å². The van der Waals surface area contributed by atoms with Crippen molar-refractivity contribution >= 4 is 22.7 Å². The summed E-state index contributed by atoms with van der Waals surface area (Å²) in [4.78, 5) is 30.6. The van der Waals surface area contributed by atoms with Gasteiger partial charge >= 0.3 is 0 Å². The van der Waals surface area contributed by atoms with Gasteiger partial charge in [0.1, 0.15) is 5.75 Å². The molecule has 0 atom stereocenters. The Balaban J connectivity index is 2.00. The first-order valence-electron chi connectivity index (χ1n) is 8.52. The molecule has 0 saturated carbocycles. The summed E-state index contributed by atoms with van der Waals surface area (Å²) in [6, 6.07) is 16.7. The van der Waals surface area contributed by atoms with Crippen molar-refractivity contribution in [3.05, 3.63) is 60.2 Å². The van der Waals surface area contributed by atoms with Crippen LogP contribution < -0.4 is 10.1 Å². The summed E-state index contributed by atoms with van der Waals surface area (Å²) in [5, 5.41) is 3.43. The Morgan fingerprint density at radius 3 is 2.44 bits per heavy atom. The Labute approximate surface area is 157 Å². The van der Waals surface area contributed by atoms with E-state index in [-0.39, 0.29) is 18.4 Å². The predicted octanol–water partition coefficient (Wildman–Crippen LogP) is 2.73. The summed E-state index contributed by atoms with van der Waals surface area (Å²) in [5.74, 6) is 0.273. The number of hydrogen-bond donors (Lipinski definition) is 1. The normalized spacial score (nSPS) is 10.5. The lowest BCUT2D eigenvalue weighted by molar-refractivity contribution is -0.127. The van der Waals surface area contributed by atoms with Gasteiger partial charge in [-0.1, -0.05) is 18.2 Å². The van der Waals surface area contributed by atoms with E-state index >= 15 is 0 Å². The smallest absolute Gasteiger partial charge is 0.252 e. The summed E-state index contributed by atoms with van der Waals surface area (Å²) in [6.45, 7) is -0.0552. The van der Waals surface area contributed by atoms with E-state index in [2.05, 4.69) is 10.3 Å². The zero-order chi connectivity index (χ0) is 19.4. The van der Waals surface area contributed by atoms with Crippen molar-refractivity contribution in [2.24, 2.45) is 0 Å². The Kier molecular flexibility index (Phi) is 5.35. The highest BCUT2D eigenvalue weighted by Crippen LogP contribution is 2.26. The highest BCUT2D eigenvalue weighted by atomic mass is 16.5. The molecule has 0 radical (unpaired) electrons. The molecule has 3 rings (SSSR count). The van der Waals surface area contributed by atoms with Gasteiger partial charge < -0.3 is 15.0 Å². The summed E-state index contributed by atoms with van der Waals surface area (Å²) in [7, 11) is 4.91. The van der Waals surface area contributed by atoms with Crippen LogP contribution in [0.2, 0.25) is 0 Å². The number of aromatic nitrogens is 1. The largest absolute Gasteiger partial charge is 0.497 e. The minimum absolute atomic E-state index is 0.0552. The van der Waals surface area contributed by atoms with Crippen molar-refractivity contribution in [2.75, 3.05) is 27.7 Å². The standard InChI is InChI=1S/C21H21N3O3/c1-24(2)20(25)13-22-21(26)17-12-19(14-8-10-15(27-3)11-9-14)23-18-7-5-4-6-16(17)18/h4-12H,13H2,1-3H3,(H,22,26). The van der Waals surface area contributed by atoms with Gasteiger partial charge in [0.05, 0.1) is 30.4 Å². The topological polar surface area (TPSA) is 71.5 Å². The number of carbonyl (C=O) groups is 2. The number of pyridine rings is 1. The van der Waals surface area contributed by atoms with E-state index in [4.69, 9.17) is 4.74 Å². The third-order valence-corrected chi connectivity index (χ3v) is 4.25. The average molecular weight is 363 g/mol. The number of para-hydroxylation sites is 1. The molecular weight excluding hydrogens is 342 g/mol. The van der Waals surface area contributed by atoms with Gasteiger partial charge in [-0.3, -0.25) is 9.59 Å². The molecule has 6 nitrogen and oxygen atoms in total. The zero-order valence-corrected chi connectivity index (χ0v) is 15.5. The van der Waals surface area contributed by atoms with Crippen LogP contribution in [0.1, 0.15) is 10.4 Å². The predicted molar refractivity (Wildman–Crippen MR) is 105 cm³/mol. The van der Waals surface area contributed by atoms with E-state index in [1.807, 2.05) is 48.5 Å². The second kappa shape index (κ2) is 7.86. The Morgan fingerprint density at radius 1 is 1.07 bits per heavy atom. The van der Waals surface area contributed by atoms with Gasteiger partial charge in [0.25, 0.3) is 5.91 Å². The number of likely N-dealkylation sites (N-methyl/N-ethyl adjacent to an activating group) is 1. The van der Waals surface area contributed by atoms with Crippen LogP contribution in [-0.2, 0) is 4.79 Å². The zero-order valence-electron chi connectivity index (χ0n) is 15.5. The fraction of sp³-hybridized carbons (Fsp3) is 0.190. The maximum atomic E-state index is 12.7. The van der Waals surface area contributed by atoms with Crippen LogP contribution in [0.5, 0.6) is 5.75 Å². The summed E-state index contributed by atoms with van der Waals surface area (Å²) in [6.07, 6.45) is 0. The number of nitrogens with zero attached hydrogens (tertiary/aromatic N) is 2. The molecule has 0 fully saturated rings. The molecule has 0 aliphatic carbocycles. The molecule has 0 aliphatic rings. The van der Waals surface area contributed by atoms with Gasteiger partial charge in [-0.2, -0.15) is 0 Å². The summed E-state index contributed by atoms with van der Waals surface area (Å²) >= 11 is 0. The highest BCUT2D eigenvalue weighted by molar-refractivity contribution is 6.08. The molecule has 1 heterocycles. The molecule has 0 unspecified atom stereocenters. The van der Waals surface area contributed by atoms with E-state index in [1.165, 1.54) is 4.90 Å². The SMILES string of the molecule is COc1ccc(-c2cc(C(=O)NCC(=O)N(C)C)c3ccccc3n2)cc1. The molecule has 6 heteroatoms. The lowest BCUT2D eigenvalue weighted by Gasteiger charge is -2.13. The lowest BCUT2D eigenvalue weighted by atomic mass is 10.0. The number of ether oxygens (including phenoxy) is 1. The molecule has 0 bridgehead atoms. The van der Waals surface area contributed by atoms with Crippen LogP contribution in [0.3, 0.4) is 0 Å². The first kappa shape index (κ1) is 18.4. The number of amides is 2. The molecule has 1 aromatic heterocycles. The molecule has 27 heavy (non-hydrogen) atoms. The number of methoxy groups -OCH3 is 1. The average Bonchev–Trinajstić information content (AvgIpc) is 2.70. The molecule has 138 valence electrons. The van der Waals surface area contributed by atoms with E-state index in [1.54, 1.807) is 27.3 Å². The molecule has 3 aromatic rings. The van der Waals surface area contributed by atoms with Gasteiger partial charge in [0.2, 0.25) is 5.91 Å². The first-order chi connectivity index (χ1) is 13.0. The minimum Gasteiger partial charge on any atom is -0.497 e. The van der Waals surface area contributed by atoms with Crippen molar-refractivity contribution < 1.29 is 14.3 Å². The van der Waals surface area contributed by atoms with Crippen molar-refractivity contribution in [3.63, 3.8) is 0 Å². The van der Waals surface area contributed by atoms with Crippen molar-refractivity contribution in [3.8, 4) is 17.0 Å². The molecule has 2 aromatic carbocycles. The van der Waals surface area contributed by atoms with Crippen LogP contribution in [0, 0.1) is 0 Å². The number of rotatable bonds is 5. The van der Waals surface area contributed by atoms with E-state index in [9.17, 15) is 9.59 Å². The molecular formula is C21H21N3O3. The van der Waals surface area contributed by atoms with Crippen LogP contribution in [0.25, 0.3) is 22.2 Å². The van der Waals surface area contributed by atoms with E-state index in [0.717, 1.165) is 22.2 Å². The van der Waals surface area contributed by atoms with Gasteiger partial charge in [0, 0.05) is 25.0 Å². The van der Waals surface area contributed by atoms with Crippen molar-refractivity contribution in [1.82, 2.24) is 15.2 Å². The molecule has 0 saturated heterocycles. The Morgan fingerprint density at radius 2 is 1.78 bits per heavy atom. The third kappa shape index (κ3) is 4.06. The maximum absolute atomic E-state index is 12.7. The van der Waals surface area contributed by atoms with Crippen LogP contribution in [0.4, 0.5) is 0 Å². The monoisotopic (exact) mass is 363 g/mol. The quantitative estimate of drug-likeness (QED) is 0.757. The van der Waals surface area contributed by atoms with E-state index < -0.39 is 0 Å². The lowest BCUT2D eigenvalue weighted by Crippen LogP contribution is -2.36. The van der Waals surface area contributed by atoms with Crippen LogP contribution in [-0.4, -0.2) is 49.4 Å². The van der Waals surface area contributed by atoms with E-state index in [0.29, 0.717) is 11.3 Å². The number of carbonyl (C=O) groups excluding carboxylic acids is 2. The number of hydrogen-bond acceptors (Lipinski definition) is 4. The molecule has 0 spiro atoms. The fourth-order valence-corrected chi connectivity index (χ4v) is 2.68. The summed E-state index contributed by atoms with van der Waals surface area (Å²) < 4.78 is 5.19. The first-order valence-corrected chi connectivity index (χ1v) is 8.52.